The summed E-state index contributed by atoms with van der Waals surface area (Å²) in [6, 6.07) is 0. The fraction of sp³-hybridized carbons (Fsp3) is 1.00. The molecule has 0 N–H and O–H groups in total. The molecule has 4 fully saturated rings. The second-order valence-electron chi connectivity index (χ2n) is 11.3. The summed E-state index contributed by atoms with van der Waals surface area (Å²) in [5, 5.41) is 0.676. The molecule has 0 nitrogen and oxygen atoms in total. The zero-order valence-electron chi connectivity index (χ0n) is 18.4. The first kappa shape index (κ1) is 20.6. The van der Waals surface area contributed by atoms with Crippen LogP contribution in [0.15, 0.2) is 0 Å². The highest BCUT2D eigenvalue weighted by molar-refractivity contribution is 7.81. The molecule has 0 aromatic rings. The first-order valence-corrected chi connectivity index (χ1v) is 13.3. The van der Waals surface area contributed by atoms with Gasteiger partial charge in [0.05, 0.1) is 0 Å². The molecule has 1 heteroatoms. The van der Waals surface area contributed by atoms with Gasteiger partial charge in [0.15, 0.2) is 0 Å². The summed E-state index contributed by atoms with van der Waals surface area (Å²) in [5.41, 5.74) is 0. The first-order valence-electron chi connectivity index (χ1n) is 12.8. The Morgan fingerprint density at radius 3 is 2.11 bits per heavy atom. The monoisotopic (exact) mass is 390 g/mol. The normalized spacial score (nSPS) is 43.7. The van der Waals surface area contributed by atoms with E-state index in [9.17, 15) is 0 Å². The van der Waals surface area contributed by atoms with Crippen LogP contribution >= 0.6 is 12.6 Å². The van der Waals surface area contributed by atoms with Gasteiger partial charge in [-0.25, -0.2) is 0 Å². The van der Waals surface area contributed by atoms with Crippen molar-refractivity contribution in [1.82, 2.24) is 0 Å². The third-order valence-electron chi connectivity index (χ3n) is 10.0. The number of hydrogen-bond acceptors (Lipinski definition) is 1. The van der Waals surface area contributed by atoms with Crippen molar-refractivity contribution in [2.75, 3.05) is 0 Å². The molecular weight excluding hydrogens is 344 g/mol. The van der Waals surface area contributed by atoms with Gasteiger partial charge in [0.2, 0.25) is 0 Å². The maximum absolute atomic E-state index is 5.22. The SMILES string of the molecule is CCC(CCC(S)C1CCC2C1CCC1C3CCCCC3CCC12)C(C)C. The molecule has 4 rings (SSSR count). The van der Waals surface area contributed by atoms with E-state index >= 15 is 0 Å². The van der Waals surface area contributed by atoms with Gasteiger partial charge in [0.1, 0.15) is 0 Å². The van der Waals surface area contributed by atoms with E-state index in [1.54, 1.807) is 44.9 Å². The van der Waals surface area contributed by atoms with E-state index in [-0.39, 0.29) is 0 Å². The van der Waals surface area contributed by atoms with Crippen LogP contribution in [0.2, 0.25) is 0 Å². The Morgan fingerprint density at radius 1 is 0.704 bits per heavy atom. The third kappa shape index (κ3) is 4.15. The van der Waals surface area contributed by atoms with Gasteiger partial charge in [0, 0.05) is 5.25 Å². The van der Waals surface area contributed by atoms with Crippen molar-refractivity contribution >= 4 is 12.6 Å². The lowest BCUT2D eigenvalue weighted by Crippen LogP contribution is -2.44. The molecule has 4 saturated carbocycles. The number of thiol groups is 1. The summed E-state index contributed by atoms with van der Waals surface area (Å²) in [5.74, 6) is 9.27. The molecule has 9 atom stereocenters. The molecule has 0 bridgehead atoms. The largest absolute Gasteiger partial charge is 0.176 e. The fourth-order valence-electron chi connectivity index (χ4n) is 8.62. The van der Waals surface area contributed by atoms with E-state index in [1.807, 2.05) is 0 Å². The smallest absolute Gasteiger partial charge is 0.00479 e. The van der Waals surface area contributed by atoms with E-state index < -0.39 is 0 Å². The minimum Gasteiger partial charge on any atom is -0.176 e. The Bertz CT molecular complexity index is 471. The molecule has 0 spiro atoms. The zero-order chi connectivity index (χ0) is 19.0. The highest BCUT2D eigenvalue weighted by Crippen LogP contribution is 2.60. The molecule has 0 saturated heterocycles. The molecule has 0 radical (unpaired) electrons. The van der Waals surface area contributed by atoms with Crippen molar-refractivity contribution in [3.63, 3.8) is 0 Å². The quantitative estimate of drug-likeness (QED) is 0.436. The lowest BCUT2D eigenvalue weighted by molar-refractivity contribution is -0.0247. The van der Waals surface area contributed by atoms with Gasteiger partial charge in [-0.2, -0.15) is 12.6 Å². The Labute approximate surface area is 175 Å². The van der Waals surface area contributed by atoms with Gasteiger partial charge in [0.25, 0.3) is 0 Å². The van der Waals surface area contributed by atoms with Crippen molar-refractivity contribution in [1.29, 1.82) is 0 Å². The summed E-state index contributed by atoms with van der Waals surface area (Å²) in [7, 11) is 0. The highest BCUT2D eigenvalue weighted by Gasteiger charge is 2.51. The Hall–Kier alpha value is 0.350. The van der Waals surface area contributed by atoms with Crippen LogP contribution in [0.1, 0.15) is 104 Å². The maximum atomic E-state index is 5.22. The highest BCUT2D eigenvalue weighted by atomic mass is 32.1. The van der Waals surface area contributed by atoms with Crippen molar-refractivity contribution in [3.8, 4) is 0 Å². The Morgan fingerprint density at radius 2 is 1.33 bits per heavy atom. The summed E-state index contributed by atoms with van der Waals surface area (Å²) < 4.78 is 0. The van der Waals surface area contributed by atoms with Gasteiger partial charge < -0.3 is 0 Å². The number of hydrogen-bond donors (Lipinski definition) is 1. The van der Waals surface area contributed by atoms with Crippen LogP contribution in [0.3, 0.4) is 0 Å². The van der Waals surface area contributed by atoms with Crippen LogP contribution in [-0.4, -0.2) is 5.25 Å². The third-order valence-corrected chi connectivity index (χ3v) is 10.7. The van der Waals surface area contributed by atoms with E-state index in [4.69, 9.17) is 12.6 Å². The van der Waals surface area contributed by atoms with Crippen LogP contribution in [0.25, 0.3) is 0 Å². The van der Waals surface area contributed by atoms with E-state index in [0.29, 0.717) is 5.25 Å². The average molecular weight is 391 g/mol. The van der Waals surface area contributed by atoms with Gasteiger partial charge >= 0.3 is 0 Å². The molecule has 4 aliphatic carbocycles. The lowest BCUT2D eigenvalue weighted by atomic mass is 9.53. The molecule has 0 heterocycles. The second-order valence-corrected chi connectivity index (χ2v) is 12.0. The fourth-order valence-corrected chi connectivity index (χ4v) is 9.14. The topological polar surface area (TPSA) is 0 Å². The predicted molar refractivity (Wildman–Crippen MR) is 121 cm³/mol. The molecule has 0 aliphatic heterocycles. The van der Waals surface area contributed by atoms with Crippen LogP contribution < -0.4 is 0 Å². The van der Waals surface area contributed by atoms with Crippen LogP contribution in [0.5, 0.6) is 0 Å². The second kappa shape index (κ2) is 9.01. The average Bonchev–Trinajstić information content (AvgIpc) is 3.12. The van der Waals surface area contributed by atoms with E-state index in [1.165, 1.54) is 38.5 Å². The summed E-state index contributed by atoms with van der Waals surface area (Å²) in [4.78, 5) is 0. The van der Waals surface area contributed by atoms with Crippen molar-refractivity contribution in [3.05, 3.63) is 0 Å². The van der Waals surface area contributed by atoms with Gasteiger partial charge in [-0.15, -0.1) is 0 Å². The number of fused-ring (bicyclic) bond motifs is 5. The van der Waals surface area contributed by atoms with Crippen molar-refractivity contribution < 1.29 is 0 Å². The summed E-state index contributed by atoms with van der Waals surface area (Å²) in [6.45, 7) is 7.21. The van der Waals surface area contributed by atoms with Crippen LogP contribution in [0.4, 0.5) is 0 Å². The minimum absolute atomic E-state index is 0.676. The van der Waals surface area contributed by atoms with Crippen molar-refractivity contribution in [2.45, 2.75) is 109 Å². The molecular formula is C26H46S. The molecule has 4 aliphatic rings. The molecule has 27 heavy (non-hydrogen) atoms. The van der Waals surface area contributed by atoms with Crippen LogP contribution in [0, 0.1) is 53.3 Å². The van der Waals surface area contributed by atoms with E-state index in [0.717, 1.165) is 53.3 Å². The predicted octanol–water partition coefficient (Wildman–Crippen LogP) is 8.02. The van der Waals surface area contributed by atoms with Gasteiger partial charge in [-0.3, -0.25) is 0 Å². The number of rotatable bonds is 6. The van der Waals surface area contributed by atoms with Crippen molar-refractivity contribution in [2.24, 2.45) is 53.3 Å². The Balaban J connectivity index is 1.36. The van der Waals surface area contributed by atoms with E-state index in [2.05, 4.69) is 20.8 Å². The first-order chi connectivity index (χ1) is 13.1. The zero-order valence-corrected chi connectivity index (χ0v) is 19.3. The lowest BCUT2D eigenvalue weighted by Gasteiger charge is -2.52. The standard InChI is InChI=1S/C26H46S/c1-4-18(17(2)3)10-16-26(27)25-15-14-23-22-11-9-19-7-5-6-8-20(19)21(22)12-13-24(23)25/h17-27H,4-16H2,1-3H3. The minimum atomic E-state index is 0.676. The molecule has 9 unspecified atom stereocenters. The molecule has 0 aromatic heterocycles. The Kier molecular flexibility index (Phi) is 6.88. The maximum Gasteiger partial charge on any atom is 0.00479 e. The summed E-state index contributed by atoms with van der Waals surface area (Å²) in [6.07, 6.45) is 19.7. The van der Waals surface area contributed by atoms with Crippen LogP contribution in [-0.2, 0) is 0 Å². The summed E-state index contributed by atoms with van der Waals surface area (Å²) >= 11 is 5.22. The molecule has 156 valence electrons. The van der Waals surface area contributed by atoms with Gasteiger partial charge in [-0.05, 0) is 111 Å². The molecule has 0 amide bonds. The molecule has 0 aromatic carbocycles. The van der Waals surface area contributed by atoms with Gasteiger partial charge in [-0.1, -0.05) is 46.5 Å².